The molecule has 0 aromatic rings. The molecule has 1 aliphatic rings. The van der Waals surface area contributed by atoms with E-state index in [1.165, 1.54) is 0 Å². The van der Waals surface area contributed by atoms with E-state index in [0.29, 0.717) is 0 Å². The second kappa shape index (κ2) is 0.455. The quantitative estimate of drug-likeness (QED) is 0.412. The molecule has 0 aromatic heterocycles. The number of nitrogens with two attached hydrogens (primary N) is 1. The summed E-state index contributed by atoms with van der Waals surface area (Å²) in [6.45, 7) is 1.94. The fourth-order valence-corrected chi connectivity index (χ4v) is 0.171. The van der Waals surface area contributed by atoms with Crippen molar-refractivity contribution in [2.45, 2.75) is 6.92 Å². The zero-order valence-corrected chi connectivity index (χ0v) is 3.08. The van der Waals surface area contributed by atoms with Crippen LogP contribution in [-0.2, 0) is 0 Å². The molecule has 1 aliphatic heterocycles. The number of rotatable bonds is 0. The van der Waals surface area contributed by atoms with Gasteiger partial charge in [-0.3, -0.25) is 0 Å². The van der Waals surface area contributed by atoms with Gasteiger partial charge in [0.25, 0.3) is 0 Å². The van der Waals surface area contributed by atoms with E-state index in [9.17, 15) is 0 Å². The van der Waals surface area contributed by atoms with Crippen LogP contribution >= 0.6 is 0 Å². The van der Waals surface area contributed by atoms with Crippen molar-refractivity contribution in [2.24, 2.45) is 5.73 Å². The Labute approximate surface area is 30.7 Å². The third kappa shape index (κ3) is 0.210. The Bertz CT molecular complexity index is 72.9. The van der Waals surface area contributed by atoms with Gasteiger partial charge in [0.05, 0.1) is 5.70 Å². The molecule has 1 heterocycles. The summed E-state index contributed by atoms with van der Waals surface area (Å²) < 4.78 is 0. The first-order valence-corrected chi connectivity index (χ1v) is 1.54. The number of allylic oxidation sites excluding steroid dienone is 1. The van der Waals surface area contributed by atoms with E-state index in [-0.39, 0.29) is 0 Å². The lowest BCUT2D eigenvalue weighted by molar-refractivity contribution is 1.23. The summed E-state index contributed by atoms with van der Waals surface area (Å²) in [7, 11) is 0. The zero-order chi connectivity index (χ0) is 3.86. The minimum absolute atomic E-state index is 0.838. The standard InChI is InChI=1S/C3H6N2/c1-2-3(4)5-2/h5H,4H2,1H3. The predicted molar refractivity (Wildman–Crippen MR) is 20.0 cm³/mol. The lowest BCUT2D eigenvalue weighted by Crippen LogP contribution is -1.88. The van der Waals surface area contributed by atoms with Gasteiger partial charge < -0.3 is 11.1 Å². The van der Waals surface area contributed by atoms with Crippen LogP contribution in [0, 0.1) is 0 Å². The van der Waals surface area contributed by atoms with E-state index in [0.717, 1.165) is 11.5 Å². The Balaban J connectivity index is 2.59. The molecule has 0 bridgehead atoms. The van der Waals surface area contributed by atoms with Crippen LogP contribution in [0.5, 0.6) is 0 Å². The summed E-state index contributed by atoms with van der Waals surface area (Å²) in [5.74, 6) is 0.838. The van der Waals surface area contributed by atoms with Gasteiger partial charge in [-0.25, -0.2) is 0 Å². The van der Waals surface area contributed by atoms with Crippen LogP contribution < -0.4 is 11.1 Å². The summed E-state index contributed by atoms with van der Waals surface area (Å²) in [5, 5.41) is 2.81. The molecule has 28 valence electrons. The van der Waals surface area contributed by atoms with Crippen molar-refractivity contribution < 1.29 is 0 Å². The Morgan fingerprint density at radius 3 is 2.00 bits per heavy atom. The Morgan fingerprint density at radius 1 is 1.80 bits per heavy atom. The van der Waals surface area contributed by atoms with Crippen LogP contribution in [0.4, 0.5) is 0 Å². The first-order valence-electron chi connectivity index (χ1n) is 1.54. The average Bonchev–Trinajstić information content (AvgIpc) is 1.79. The van der Waals surface area contributed by atoms with Gasteiger partial charge >= 0.3 is 0 Å². The highest BCUT2D eigenvalue weighted by Crippen LogP contribution is 2.03. The van der Waals surface area contributed by atoms with Crippen molar-refractivity contribution in [3.8, 4) is 0 Å². The summed E-state index contributed by atoms with van der Waals surface area (Å²) in [4.78, 5) is 0. The predicted octanol–water partition coefficient (Wildman–Crippen LogP) is -0.263. The first kappa shape index (κ1) is 2.57. The summed E-state index contributed by atoms with van der Waals surface area (Å²) >= 11 is 0. The van der Waals surface area contributed by atoms with Crippen LogP contribution in [0.2, 0.25) is 0 Å². The third-order valence-corrected chi connectivity index (χ3v) is 0.664. The number of hydrogen-bond acceptors (Lipinski definition) is 2. The highest BCUT2D eigenvalue weighted by Gasteiger charge is 2.07. The van der Waals surface area contributed by atoms with Crippen molar-refractivity contribution in [1.29, 1.82) is 0 Å². The van der Waals surface area contributed by atoms with Gasteiger partial charge in [-0.1, -0.05) is 0 Å². The van der Waals surface area contributed by atoms with Gasteiger partial charge in [0.1, 0.15) is 5.82 Å². The monoisotopic (exact) mass is 70.1 g/mol. The van der Waals surface area contributed by atoms with Crippen molar-refractivity contribution in [3.63, 3.8) is 0 Å². The minimum Gasteiger partial charge on any atom is -0.384 e. The molecule has 0 amide bonds. The normalized spacial score (nSPS) is 18.6. The highest BCUT2D eigenvalue weighted by atomic mass is 15.1. The molecule has 0 spiro atoms. The first-order chi connectivity index (χ1) is 2.30. The number of nitrogens with one attached hydrogen (secondary N) is 1. The van der Waals surface area contributed by atoms with E-state index < -0.39 is 0 Å². The molecular formula is C3H6N2. The third-order valence-electron chi connectivity index (χ3n) is 0.664. The summed E-state index contributed by atoms with van der Waals surface area (Å²) in [6.07, 6.45) is 0. The lowest BCUT2D eigenvalue weighted by Gasteiger charge is -1.58. The molecule has 1 rings (SSSR count). The molecule has 0 atom stereocenters. The van der Waals surface area contributed by atoms with Crippen LogP contribution in [0.25, 0.3) is 0 Å². The van der Waals surface area contributed by atoms with E-state index in [2.05, 4.69) is 5.32 Å². The van der Waals surface area contributed by atoms with Gasteiger partial charge in [0.2, 0.25) is 0 Å². The molecule has 0 unspecified atom stereocenters. The second-order valence-electron chi connectivity index (χ2n) is 1.16. The molecule has 5 heavy (non-hydrogen) atoms. The van der Waals surface area contributed by atoms with E-state index in [1.54, 1.807) is 0 Å². The van der Waals surface area contributed by atoms with Gasteiger partial charge in [-0.15, -0.1) is 0 Å². The molecule has 0 saturated heterocycles. The Morgan fingerprint density at radius 2 is 2.00 bits per heavy atom. The Kier molecular flexibility index (Phi) is 0.234. The maximum atomic E-state index is 5.13. The fourth-order valence-electron chi connectivity index (χ4n) is 0.171. The lowest BCUT2D eigenvalue weighted by atomic mass is 10.7. The molecule has 0 saturated carbocycles. The van der Waals surface area contributed by atoms with Crippen molar-refractivity contribution in [3.05, 3.63) is 11.5 Å². The molecule has 0 radical (unpaired) electrons. The van der Waals surface area contributed by atoms with Crippen LogP contribution in [0.15, 0.2) is 11.5 Å². The fraction of sp³-hybridized carbons (Fsp3) is 0.333. The largest absolute Gasteiger partial charge is 0.384 e. The molecule has 3 N–H and O–H groups in total. The molecule has 2 heteroatoms. The summed E-state index contributed by atoms with van der Waals surface area (Å²) in [5.41, 5.74) is 6.25. The van der Waals surface area contributed by atoms with Gasteiger partial charge in [0.15, 0.2) is 0 Å². The van der Waals surface area contributed by atoms with Gasteiger partial charge in [0, 0.05) is 0 Å². The van der Waals surface area contributed by atoms with E-state index in [4.69, 9.17) is 5.73 Å². The maximum Gasteiger partial charge on any atom is 0.120 e. The molecule has 0 aliphatic carbocycles. The molecular weight excluding hydrogens is 64.0 g/mol. The highest BCUT2D eigenvalue weighted by molar-refractivity contribution is 5.23. The SMILES string of the molecule is CC1=C(N)N1. The van der Waals surface area contributed by atoms with E-state index in [1.807, 2.05) is 6.92 Å². The maximum absolute atomic E-state index is 5.13. The zero-order valence-electron chi connectivity index (χ0n) is 3.08. The van der Waals surface area contributed by atoms with Gasteiger partial charge in [-0.2, -0.15) is 0 Å². The number of hydrogen-bond donors (Lipinski definition) is 2. The van der Waals surface area contributed by atoms with Crippen molar-refractivity contribution in [1.82, 2.24) is 5.32 Å². The van der Waals surface area contributed by atoms with Crippen LogP contribution in [0.3, 0.4) is 0 Å². The molecule has 0 fully saturated rings. The second-order valence-corrected chi connectivity index (χ2v) is 1.16. The topological polar surface area (TPSA) is 48.0 Å². The minimum atomic E-state index is 0.838. The molecule has 0 aromatic carbocycles. The van der Waals surface area contributed by atoms with Crippen LogP contribution in [0.1, 0.15) is 6.92 Å². The van der Waals surface area contributed by atoms with Crippen LogP contribution in [-0.4, -0.2) is 0 Å². The van der Waals surface area contributed by atoms with Crippen molar-refractivity contribution in [2.75, 3.05) is 0 Å². The summed E-state index contributed by atoms with van der Waals surface area (Å²) in [6, 6.07) is 0. The molecule has 2 nitrogen and oxygen atoms in total. The van der Waals surface area contributed by atoms with E-state index >= 15 is 0 Å². The average molecular weight is 70.1 g/mol. The van der Waals surface area contributed by atoms with Crippen molar-refractivity contribution >= 4 is 0 Å². The Hall–Kier alpha value is -0.660. The smallest absolute Gasteiger partial charge is 0.120 e. The van der Waals surface area contributed by atoms with Gasteiger partial charge in [-0.05, 0) is 6.92 Å².